The molecule has 0 aliphatic heterocycles. The lowest BCUT2D eigenvalue weighted by atomic mass is 9.93. The monoisotopic (exact) mass is 277 g/mol. The summed E-state index contributed by atoms with van der Waals surface area (Å²) in [6, 6.07) is 17.0. The molecule has 0 spiro atoms. The summed E-state index contributed by atoms with van der Waals surface area (Å²) in [6.45, 7) is 2.00. The molecule has 3 aromatic rings. The molecule has 0 amide bonds. The van der Waals surface area contributed by atoms with E-state index in [0.29, 0.717) is 17.4 Å². The van der Waals surface area contributed by atoms with E-state index in [-0.39, 0.29) is 0 Å². The second kappa shape index (κ2) is 5.37. The molecular formula is C18H15NO2. The van der Waals surface area contributed by atoms with Crippen molar-refractivity contribution in [2.45, 2.75) is 13.3 Å². The SMILES string of the molecule is CCc1nc2ccccc2c(C(=O)O)c1-c1ccccc1. The van der Waals surface area contributed by atoms with Gasteiger partial charge in [-0.2, -0.15) is 0 Å². The minimum atomic E-state index is -0.915. The van der Waals surface area contributed by atoms with Crippen molar-refractivity contribution in [3.63, 3.8) is 0 Å². The van der Waals surface area contributed by atoms with Gasteiger partial charge >= 0.3 is 5.97 Å². The van der Waals surface area contributed by atoms with Crippen LogP contribution in [0.5, 0.6) is 0 Å². The zero-order valence-corrected chi connectivity index (χ0v) is 11.7. The van der Waals surface area contributed by atoms with Gasteiger partial charge in [0.2, 0.25) is 0 Å². The molecule has 0 aliphatic rings. The van der Waals surface area contributed by atoms with Crippen LogP contribution in [0.1, 0.15) is 23.0 Å². The molecule has 1 heterocycles. The van der Waals surface area contributed by atoms with Crippen molar-refractivity contribution in [2.24, 2.45) is 0 Å². The zero-order valence-electron chi connectivity index (χ0n) is 11.7. The molecule has 0 saturated heterocycles. The van der Waals surface area contributed by atoms with Gasteiger partial charge in [-0.15, -0.1) is 0 Å². The molecule has 1 aromatic heterocycles. The average Bonchev–Trinajstić information content (AvgIpc) is 2.53. The molecule has 3 nitrogen and oxygen atoms in total. The minimum Gasteiger partial charge on any atom is -0.478 e. The lowest BCUT2D eigenvalue weighted by Crippen LogP contribution is -2.06. The van der Waals surface area contributed by atoms with Gasteiger partial charge in [0, 0.05) is 16.6 Å². The zero-order chi connectivity index (χ0) is 14.8. The van der Waals surface area contributed by atoms with Crippen molar-refractivity contribution in [3.8, 4) is 11.1 Å². The van der Waals surface area contributed by atoms with E-state index in [4.69, 9.17) is 0 Å². The first-order valence-corrected chi connectivity index (χ1v) is 6.92. The summed E-state index contributed by atoms with van der Waals surface area (Å²) in [7, 11) is 0. The molecule has 1 N–H and O–H groups in total. The molecule has 0 fully saturated rings. The molecule has 3 rings (SSSR count). The molecule has 104 valence electrons. The summed E-state index contributed by atoms with van der Waals surface area (Å²) >= 11 is 0. The molecule has 21 heavy (non-hydrogen) atoms. The van der Waals surface area contributed by atoms with Crippen LogP contribution in [0.3, 0.4) is 0 Å². The fourth-order valence-corrected chi connectivity index (χ4v) is 2.66. The van der Waals surface area contributed by atoms with Gasteiger partial charge in [-0.25, -0.2) is 4.79 Å². The van der Waals surface area contributed by atoms with Crippen molar-refractivity contribution in [1.29, 1.82) is 0 Å². The maximum Gasteiger partial charge on any atom is 0.337 e. The smallest absolute Gasteiger partial charge is 0.337 e. The lowest BCUT2D eigenvalue weighted by Gasteiger charge is -2.14. The Hall–Kier alpha value is -2.68. The lowest BCUT2D eigenvalue weighted by molar-refractivity contribution is 0.0699. The summed E-state index contributed by atoms with van der Waals surface area (Å²) in [5.74, 6) is -0.915. The maximum absolute atomic E-state index is 11.8. The minimum absolute atomic E-state index is 0.337. The molecule has 2 aromatic carbocycles. The van der Waals surface area contributed by atoms with Crippen LogP contribution in [-0.4, -0.2) is 16.1 Å². The number of aromatic carboxylic acids is 1. The fourth-order valence-electron chi connectivity index (χ4n) is 2.66. The third kappa shape index (κ3) is 2.27. The number of para-hydroxylation sites is 1. The predicted octanol–water partition coefficient (Wildman–Crippen LogP) is 4.16. The molecular weight excluding hydrogens is 262 g/mol. The van der Waals surface area contributed by atoms with Gasteiger partial charge in [0.25, 0.3) is 0 Å². The normalized spacial score (nSPS) is 10.7. The summed E-state index contributed by atoms with van der Waals surface area (Å²) in [4.78, 5) is 16.5. The van der Waals surface area contributed by atoms with E-state index in [1.807, 2.05) is 61.5 Å². The highest BCUT2D eigenvalue weighted by Gasteiger charge is 2.20. The van der Waals surface area contributed by atoms with Crippen molar-refractivity contribution in [2.75, 3.05) is 0 Å². The Morgan fingerprint density at radius 3 is 2.38 bits per heavy atom. The second-order valence-electron chi connectivity index (χ2n) is 4.85. The number of carbonyl (C=O) groups is 1. The van der Waals surface area contributed by atoms with Crippen molar-refractivity contribution in [3.05, 3.63) is 65.9 Å². The van der Waals surface area contributed by atoms with Crippen molar-refractivity contribution in [1.82, 2.24) is 4.98 Å². The summed E-state index contributed by atoms with van der Waals surface area (Å²) in [6.07, 6.45) is 0.690. The summed E-state index contributed by atoms with van der Waals surface area (Å²) < 4.78 is 0. The van der Waals surface area contributed by atoms with Crippen LogP contribution in [0.15, 0.2) is 54.6 Å². The summed E-state index contributed by atoms with van der Waals surface area (Å²) in [5, 5.41) is 10.4. The molecule has 0 radical (unpaired) electrons. The average molecular weight is 277 g/mol. The second-order valence-corrected chi connectivity index (χ2v) is 4.85. The number of pyridine rings is 1. The Bertz CT molecular complexity index is 810. The number of aromatic nitrogens is 1. The van der Waals surface area contributed by atoms with Crippen LogP contribution < -0.4 is 0 Å². The summed E-state index contributed by atoms with van der Waals surface area (Å²) in [5.41, 5.74) is 3.50. The molecule has 0 saturated carbocycles. The molecule has 3 heteroatoms. The van der Waals surface area contributed by atoms with Crippen molar-refractivity contribution < 1.29 is 9.90 Å². The van der Waals surface area contributed by atoms with Crippen LogP contribution in [0.2, 0.25) is 0 Å². The number of aryl methyl sites for hydroxylation is 1. The van der Waals surface area contributed by atoms with Crippen LogP contribution in [0.25, 0.3) is 22.0 Å². The van der Waals surface area contributed by atoms with E-state index in [1.165, 1.54) is 0 Å². The number of nitrogens with zero attached hydrogens (tertiary/aromatic N) is 1. The first kappa shape index (κ1) is 13.3. The first-order chi connectivity index (χ1) is 10.2. The quantitative estimate of drug-likeness (QED) is 0.782. The standard InChI is InChI=1S/C18H15NO2/c1-2-14-16(12-8-4-3-5-9-12)17(18(20)21)13-10-6-7-11-15(13)19-14/h3-11H,2H2,1H3,(H,20,21). The first-order valence-electron chi connectivity index (χ1n) is 6.92. The van der Waals surface area contributed by atoms with E-state index in [0.717, 1.165) is 22.3 Å². The molecule has 0 bridgehead atoms. The van der Waals surface area contributed by atoms with Gasteiger partial charge < -0.3 is 5.11 Å². The Labute approximate surface area is 122 Å². The van der Waals surface area contributed by atoms with Gasteiger partial charge in [0.05, 0.1) is 11.1 Å². The third-order valence-electron chi connectivity index (χ3n) is 3.58. The highest BCUT2D eigenvalue weighted by Crippen LogP contribution is 2.32. The van der Waals surface area contributed by atoms with E-state index in [2.05, 4.69) is 4.98 Å². The largest absolute Gasteiger partial charge is 0.478 e. The number of hydrogen-bond donors (Lipinski definition) is 1. The number of fused-ring (bicyclic) bond motifs is 1. The molecule has 0 atom stereocenters. The third-order valence-corrected chi connectivity index (χ3v) is 3.58. The predicted molar refractivity (Wildman–Crippen MR) is 83.5 cm³/mol. The van der Waals surface area contributed by atoms with Gasteiger partial charge in [-0.3, -0.25) is 4.98 Å². The van der Waals surface area contributed by atoms with Crippen LogP contribution in [0, 0.1) is 0 Å². The number of carboxylic acid groups (broad SMARTS) is 1. The van der Waals surface area contributed by atoms with Gasteiger partial charge in [-0.1, -0.05) is 55.5 Å². The Balaban J connectivity index is 2.46. The maximum atomic E-state index is 11.8. The molecule has 0 unspecified atom stereocenters. The highest BCUT2D eigenvalue weighted by molar-refractivity contribution is 6.09. The highest BCUT2D eigenvalue weighted by atomic mass is 16.4. The van der Waals surface area contributed by atoms with E-state index < -0.39 is 5.97 Å². The number of hydrogen-bond acceptors (Lipinski definition) is 2. The number of rotatable bonds is 3. The number of carboxylic acids is 1. The number of benzene rings is 2. The Morgan fingerprint density at radius 1 is 1.05 bits per heavy atom. The van der Waals surface area contributed by atoms with E-state index >= 15 is 0 Å². The van der Waals surface area contributed by atoms with Gasteiger partial charge in [0.15, 0.2) is 0 Å². The van der Waals surface area contributed by atoms with E-state index in [1.54, 1.807) is 0 Å². The van der Waals surface area contributed by atoms with Gasteiger partial charge in [-0.05, 0) is 18.1 Å². The van der Waals surface area contributed by atoms with Crippen molar-refractivity contribution >= 4 is 16.9 Å². The Morgan fingerprint density at radius 2 is 1.71 bits per heavy atom. The van der Waals surface area contributed by atoms with Crippen LogP contribution in [-0.2, 0) is 6.42 Å². The molecule has 0 aliphatic carbocycles. The topological polar surface area (TPSA) is 50.2 Å². The van der Waals surface area contributed by atoms with Crippen LogP contribution in [0.4, 0.5) is 0 Å². The van der Waals surface area contributed by atoms with Gasteiger partial charge in [0.1, 0.15) is 0 Å². The van der Waals surface area contributed by atoms with Crippen LogP contribution >= 0.6 is 0 Å². The fraction of sp³-hybridized carbons (Fsp3) is 0.111. The van der Waals surface area contributed by atoms with E-state index in [9.17, 15) is 9.90 Å². The Kier molecular flexibility index (Phi) is 3.40.